The van der Waals surface area contributed by atoms with Crippen LogP contribution < -0.4 is 5.73 Å². The number of rotatable bonds is 2. The van der Waals surface area contributed by atoms with Crippen LogP contribution in [0.15, 0.2) is 15.0 Å². The van der Waals surface area contributed by atoms with Crippen LogP contribution in [0.2, 0.25) is 5.02 Å². The second kappa shape index (κ2) is 4.59. The van der Waals surface area contributed by atoms with Gasteiger partial charge in [-0.05, 0) is 27.9 Å². The topological polar surface area (TPSA) is 39.2 Å². The Morgan fingerprint density at radius 3 is 2.71 bits per heavy atom. The molecule has 17 heavy (non-hydrogen) atoms. The van der Waals surface area contributed by atoms with Crippen molar-refractivity contribution < 1.29 is 8.81 Å². The van der Waals surface area contributed by atoms with Gasteiger partial charge in [0.2, 0.25) is 0 Å². The third-order valence-electron chi connectivity index (χ3n) is 2.68. The Balaban J connectivity index is 2.94. The van der Waals surface area contributed by atoms with Gasteiger partial charge in [0, 0.05) is 5.56 Å². The quantitative estimate of drug-likeness (QED) is 0.823. The average molecular weight is 321 g/mol. The molecular formula is C12H12BrClFNO. The molecule has 0 aliphatic rings. The third kappa shape index (κ3) is 1.98. The first kappa shape index (κ1) is 12.9. The molecule has 0 unspecified atom stereocenters. The van der Waals surface area contributed by atoms with Crippen LogP contribution in [0.1, 0.15) is 31.1 Å². The lowest BCUT2D eigenvalue weighted by Gasteiger charge is -2.06. The molecule has 5 heteroatoms. The highest BCUT2D eigenvalue weighted by atomic mass is 79.9. The zero-order chi connectivity index (χ0) is 12.7. The summed E-state index contributed by atoms with van der Waals surface area (Å²) < 4.78 is 20.3. The molecule has 0 saturated heterocycles. The van der Waals surface area contributed by atoms with Crippen LogP contribution in [0.3, 0.4) is 0 Å². The highest BCUT2D eigenvalue weighted by Gasteiger charge is 2.22. The lowest BCUT2D eigenvalue weighted by molar-refractivity contribution is 0.540. The molecule has 0 fully saturated rings. The van der Waals surface area contributed by atoms with Crippen LogP contribution in [0.4, 0.5) is 4.39 Å². The van der Waals surface area contributed by atoms with E-state index in [1.807, 2.05) is 13.8 Å². The second-order valence-electron chi connectivity index (χ2n) is 4.16. The first-order valence-electron chi connectivity index (χ1n) is 5.26. The molecule has 2 rings (SSSR count). The minimum absolute atomic E-state index is 0.0793. The molecule has 1 aromatic carbocycles. The minimum atomic E-state index is -0.447. The molecule has 0 radical (unpaired) electrons. The largest absolute Gasteiger partial charge is 0.458 e. The van der Waals surface area contributed by atoms with Gasteiger partial charge in [-0.15, -0.1) is 0 Å². The number of fused-ring (bicyclic) bond motifs is 1. The highest BCUT2D eigenvalue weighted by Crippen LogP contribution is 2.39. The van der Waals surface area contributed by atoms with Crippen LogP contribution in [0.5, 0.6) is 0 Å². The summed E-state index contributed by atoms with van der Waals surface area (Å²) in [5, 5.41) is 0.510. The van der Waals surface area contributed by atoms with Crippen molar-refractivity contribution in [1.29, 1.82) is 0 Å². The Hall–Kier alpha value is -0.580. The zero-order valence-corrected chi connectivity index (χ0v) is 11.8. The lowest BCUT2D eigenvalue weighted by atomic mass is 9.99. The Kier molecular flexibility index (Phi) is 3.48. The first-order chi connectivity index (χ1) is 7.97. The smallest absolute Gasteiger partial charge is 0.153 e. The third-order valence-corrected chi connectivity index (χ3v) is 3.55. The molecule has 2 N–H and O–H groups in total. The normalized spacial score (nSPS) is 11.7. The van der Waals surface area contributed by atoms with E-state index in [-0.39, 0.29) is 17.5 Å². The van der Waals surface area contributed by atoms with Gasteiger partial charge in [0.05, 0.1) is 21.4 Å². The molecule has 1 aromatic heterocycles. The van der Waals surface area contributed by atoms with Crippen molar-refractivity contribution in [3.8, 4) is 0 Å². The molecule has 2 nitrogen and oxygen atoms in total. The molecular weight excluding hydrogens is 308 g/mol. The molecule has 0 aliphatic carbocycles. The van der Waals surface area contributed by atoms with Crippen molar-refractivity contribution in [2.45, 2.75) is 26.3 Å². The number of hydrogen-bond acceptors (Lipinski definition) is 2. The summed E-state index contributed by atoms with van der Waals surface area (Å²) in [6.07, 6.45) is 0. The fraction of sp³-hybridized carbons (Fsp3) is 0.333. The Bertz CT molecular complexity index is 580. The van der Waals surface area contributed by atoms with Crippen LogP contribution in [0, 0.1) is 5.82 Å². The van der Waals surface area contributed by atoms with Gasteiger partial charge in [-0.3, -0.25) is 0 Å². The first-order valence-corrected chi connectivity index (χ1v) is 6.43. The van der Waals surface area contributed by atoms with E-state index in [1.54, 1.807) is 0 Å². The van der Waals surface area contributed by atoms with Gasteiger partial charge < -0.3 is 10.2 Å². The average Bonchev–Trinajstić information content (AvgIpc) is 2.65. The Labute approximate surface area is 112 Å². The summed E-state index contributed by atoms with van der Waals surface area (Å²) in [5.41, 5.74) is 6.89. The molecule has 0 spiro atoms. The van der Waals surface area contributed by atoms with E-state index in [9.17, 15) is 4.39 Å². The van der Waals surface area contributed by atoms with Crippen molar-refractivity contribution >= 4 is 38.5 Å². The number of hydrogen-bond donors (Lipinski definition) is 1. The summed E-state index contributed by atoms with van der Waals surface area (Å²) in [5.74, 6) is 0.281. The maximum absolute atomic E-state index is 14.1. The summed E-state index contributed by atoms with van der Waals surface area (Å²) in [6.45, 7) is 4.18. The van der Waals surface area contributed by atoms with E-state index < -0.39 is 5.82 Å². The molecule has 0 bridgehead atoms. The zero-order valence-electron chi connectivity index (χ0n) is 9.48. The van der Waals surface area contributed by atoms with Gasteiger partial charge in [0.25, 0.3) is 0 Å². The molecule has 0 atom stereocenters. The van der Waals surface area contributed by atoms with Crippen LogP contribution in [-0.4, -0.2) is 0 Å². The van der Waals surface area contributed by atoms with Gasteiger partial charge in [0.1, 0.15) is 5.76 Å². The standard InChI is InChI=1S/C12H12BrClFNO/c1-5(2)9-8(4-16)17-12-6(13)3-7(14)11(15)10(9)12/h3,5H,4,16H2,1-2H3. The van der Waals surface area contributed by atoms with Gasteiger partial charge in [-0.1, -0.05) is 25.4 Å². The van der Waals surface area contributed by atoms with Crippen molar-refractivity contribution in [1.82, 2.24) is 0 Å². The predicted octanol–water partition coefficient (Wildman–Crippen LogP) is 4.57. The van der Waals surface area contributed by atoms with Crippen LogP contribution in [0.25, 0.3) is 11.0 Å². The predicted molar refractivity (Wildman–Crippen MR) is 70.9 cm³/mol. The molecule has 0 amide bonds. The van der Waals surface area contributed by atoms with Gasteiger partial charge in [-0.25, -0.2) is 4.39 Å². The maximum atomic E-state index is 14.1. The fourth-order valence-electron chi connectivity index (χ4n) is 2.00. The van der Waals surface area contributed by atoms with E-state index in [0.717, 1.165) is 5.56 Å². The number of furan rings is 1. The second-order valence-corrected chi connectivity index (χ2v) is 5.42. The van der Waals surface area contributed by atoms with E-state index in [4.69, 9.17) is 21.8 Å². The Morgan fingerprint density at radius 1 is 1.53 bits per heavy atom. The Morgan fingerprint density at radius 2 is 2.18 bits per heavy atom. The summed E-state index contributed by atoms with van der Waals surface area (Å²) in [4.78, 5) is 0. The van der Waals surface area contributed by atoms with Crippen LogP contribution >= 0.6 is 27.5 Å². The van der Waals surface area contributed by atoms with Gasteiger partial charge in [-0.2, -0.15) is 0 Å². The number of benzene rings is 1. The number of halogens is 3. The molecule has 0 aliphatic heterocycles. The van der Waals surface area contributed by atoms with E-state index in [0.29, 0.717) is 21.2 Å². The van der Waals surface area contributed by atoms with Crippen molar-refractivity contribution in [3.63, 3.8) is 0 Å². The maximum Gasteiger partial charge on any atom is 0.153 e. The van der Waals surface area contributed by atoms with E-state index in [1.165, 1.54) is 6.07 Å². The van der Waals surface area contributed by atoms with Crippen molar-refractivity contribution in [3.05, 3.63) is 32.7 Å². The molecule has 1 heterocycles. The van der Waals surface area contributed by atoms with Crippen LogP contribution in [-0.2, 0) is 6.54 Å². The molecule has 92 valence electrons. The monoisotopic (exact) mass is 319 g/mol. The summed E-state index contributed by atoms with van der Waals surface area (Å²) in [7, 11) is 0. The van der Waals surface area contributed by atoms with Gasteiger partial charge in [0.15, 0.2) is 11.4 Å². The minimum Gasteiger partial charge on any atom is -0.458 e. The van der Waals surface area contributed by atoms with Gasteiger partial charge >= 0.3 is 0 Å². The lowest BCUT2D eigenvalue weighted by Crippen LogP contribution is -2.00. The summed E-state index contributed by atoms with van der Waals surface area (Å²) >= 11 is 9.17. The highest BCUT2D eigenvalue weighted by molar-refractivity contribution is 9.10. The fourth-order valence-corrected chi connectivity index (χ4v) is 2.84. The SMILES string of the molecule is CC(C)c1c(CN)oc2c(Br)cc(Cl)c(F)c12. The molecule has 0 saturated carbocycles. The number of nitrogens with two attached hydrogens (primary N) is 1. The van der Waals surface area contributed by atoms with Crippen molar-refractivity contribution in [2.24, 2.45) is 5.73 Å². The molecule has 2 aromatic rings. The van der Waals surface area contributed by atoms with E-state index in [2.05, 4.69) is 15.9 Å². The van der Waals surface area contributed by atoms with E-state index >= 15 is 0 Å². The van der Waals surface area contributed by atoms with Crippen molar-refractivity contribution in [2.75, 3.05) is 0 Å². The summed E-state index contributed by atoms with van der Waals surface area (Å²) in [6, 6.07) is 1.49.